The predicted octanol–water partition coefficient (Wildman–Crippen LogP) is 4.47. The van der Waals surface area contributed by atoms with E-state index in [-0.39, 0.29) is 34.8 Å². The van der Waals surface area contributed by atoms with Crippen LogP contribution in [0.1, 0.15) is 64.2 Å². The van der Waals surface area contributed by atoms with E-state index >= 15 is 0 Å². The first kappa shape index (κ1) is 21.9. The molecule has 4 aliphatic rings. The third kappa shape index (κ3) is 4.65. The monoisotopic (exact) mass is 442 g/mol. The molecular weight excluding hydrogens is 408 g/mol. The van der Waals surface area contributed by atoms with Crippen LogP contribution < -0.4 is 0 Å². The van der Waals surface area contributed by atoms with E-state index in [1.807, 2.05) is 5.01 Å². The van der Waals surface area contributed by atoms with Crippen LogP contribution in [0.15, 0.2) is 5.10 Å². The Kier molecular flexibility index (Phi) is 7.47. The van der Waals surface area contributed by atoms with Crippen LogP contribution in [0.4, 0.5) is 0 Å². The Balaban J connectivity index is 1.53. The highest BCUT2D eigenvalue weighted by atomic mass is 35.5. The van der Waals surface area contributed by atoms with Crippen LogP contribution in [0.3, 0.4) is 0 Å². The number of carbonyl (C=O) groups is 1. The minimum absolute atomic E-state index is 0.0777. The van der Waals surface area contributed by atoms with E-state index in [9.17, 15) is 4.79 Å². The number of rotatable bonds is 5. The molecule has 7 heteroatoms. The van der Waals surface area contributed by atoms with E-state index in [4.69, 9.17) is 26.2 Å². The van der Waals surface area contributed by atoms with Gasteiger partial charge in [-0.3, -0.25) is 4.79 Å². The van der Waals surface area contributed by atoms with Gasteiger partial charge in [0.15, 0.2) is 0 Å². The van der Waals surface area contributed by atoms with Crippen LogP contribution in [0.2, 0.25) is 0 Å². The van der Waals surface area contributed by atoms with Crippen molar-refractivity contribution in [3.05, 3.63) is 0 Å². The molecule has 2 aliphatic carbocycles. The highest BCUT2D eigenvalue weighted by Gasteiger charge is 2.45. The van der Waals surface area contributed by atoms with E-state index in [0.29, 0.717) is 11.8 Å². The topological polar surface area (TPSA) is 51.1 Å². The van der Waals surface area contributed by atoms with Crippen LogP contribution in [-0.4, -0.2) is 65.5 Å². The molecule has 5 nitrogen and oxygen atoms in total. The second kappa shape index (κ2) is 9.88. The van der Waals surface area contributed by atoms with Crippen molar-refractivity contribution in [2.75, 3.05) is 20.0 Å². The SMILES string of the molecule is COC1CCC(C2=NN(C(=O)C3CCCS3)C(C3CCCCC3Cl)C2)CC1OC. The Bertz CT molecular complexity index is 613. The minimum Gasteiger partial charge on any atom is -0.379 e. The maximum Gasteiger partial charge on any atom is 0.256 e. The average molecular weight is 443 g/mol. The van der Waals surface area contributed by atoms with Gasteiger partial charge in [-0.1, -0.05) is 12.8 Å². The van der Waals surface area contributed by atoms with Crippen molar-refractivity contribution in [2.45, 2.75) is 93.1 Å². The number of thioether (sulfide) groups is 1. The lowest BCUT2D eigenvalue weighted by molar-refractivity contribution is -0.133. The smallest absolute Gasteiger partial charge is 0.256 e. The molecule has 0 aromatic rings. The maximum atomic E-state index is 13.4. The van der Waals surface area contributed by atoms with Gasteiger partial charge in [-0.15, -0.1) is 23.4 Å². The van der Waals surface area contributed by atoms with Crippen molar-refractivity contribution in [1.29, 1.82) is 0 Å². The molecule has 29 heavy (non-hydrogen) atoms. The molecule has 2 saturated carbocycles. The predicted molar refractivity (Wildman–Crippen MR) is 119 cm³/mol. The summed E-state index contributed by atoms with van der Waals surface area (Å²) in [5.41, 5.74) is 1.19. The Hall–Kier alpha value is -0.300. The number of methoxy groups -OCH3 is 2. The van der Waals surface area contributed by atoms with Crippen molar-refractivity contribution >= 4 is 35.0 Å². The van der Waals surface area contributed by atoms with Gasteiger partial charge in [0.25, 0.3) is 5.91 Å². The fourth-order valence-corrected chi connectivity index (χ4v) is 7.39. The molecule has 164 valence electrons. The second-order valence-electron chi connectivity index (χ2n) is 9.07. The fraction of sp³-hybridized carbons (Fsp3) is 0.909. The van der Waals surface area contributed by atoms with Crippen molar-refractivity contribution in [2.24, 2.45) is 16.9 Å². The Morgan fingerprint density at radius 1 is 1.07 bits per heavy atom. The second-order valence-corrected chi connectivity index (χ2v) is 10.9. The number of hydrogen-bond donors (Lipinski definition) is 0. The minimum atomic E-state index is 0.0777. The lowest BCUT2D eigenvalue weighted by Gasteiger charge is -2.36. The molecule has 0 bridgehead atoms. The van der Waals surface area contributed by atoms with Crippen LogP contribution in [0.25, 0.3) is 0 Å². The molecule has 1 amide bonds. The molecule has 0 radical (unpaired) electrons. The van der Waals surface area contributed by atoms with Crippen molar-refractivity contribution in [1.82, 2.24) is 5.01 Å². The fourth-order valence-electron chi connectivity index (χ4n) is 5.74. The quantitative estimate of drug-likeness (QED) is 0.589. The summed E-state index contributed by atoms with van der Waals surface area (Å²) < 4.78 is 11.3. The van der Waals surface area contributed by atoms with Gasteiger partial charge in [-0.2, -0.15) is 5.10 Å². The van der Waals surface area contributed by atoms with Gasteiger partial charge in [-0.25, -0.2) is 5.01 Å². The summed E-state index contributed by atoms with van der Waals surface area (Å²) in [6.45, 7) is 0. The zero-order valence-corrected chi connectivity index (χ0v) is 19.3. The molecule has 4 rings (SSSR count). The average Bonchev–Trinajstić information content (AvgIpc) is 3.43. The van der Waals surface area contributed by atoms with Gasteiger partial charge in [0.1, 0.15) is 0 Å². The Morgan fingerprint density at radius 2 is 1.86 bits per heavy atom. The first-order valence-electron chi connectivity index (χ1n) is 11.3. The van der Waals surface area contributed by atoms with Gasteiger partial charge in [-0.05, 0) is 56.6 Å². The molecule has 0 N–H and O–H groups in total. The molecule has 0 aromatic heterocycles. The van der Waals surface area contributed by atoms with E-state index in [1.165, 1.54) is 18.6 Å². The van der Waals surface area contributed by atoms with Gasteiger partial charge in [0.05, 0.1) is 23.5 Å². The molecule has 2 aliphatic heterocycles. The maximum absolute atomic E-state index is 13.4. The zero-order chi connectivity index (χ0) is 20.4. The lowest BCUT2D eigenvalue weighted by Crippen LogP contribution is -2.45. The normalized spacial score (nSPS) is 40.9. The molecule has 1 saturated heterocycles. The summed E-state index contributed by atoms with van der Waals surface area (Å²) in [6.07, 6.45) is 10.8. The van der Waals surface area contributed by atoms with E-state index < -0.39 is 0 Å². The summed E-state index contributed by atoms with van der Waals surface area (Å²) >= 11 is 8.58. The van der Waals surface area contributed by atoms with Crippen molar-refractivity contribution < 1.29 is 14.3 Å². The van der Waals surface area contributed by atoms with Crippen LogP contribution in [0.5, 0.6) is 0 Å². The van der Waals surface area contributed by atoms with E-state index in [1.54, 1.807) is 26.0 Å². The number of hydrazone groups is 1. The molecule has 3 fully saturated rings. The highest BCUT2D eigenvalue weighted by Crippen LogP contribution is 2.41. The third-order valence-electron chi connectivity index (χ3n) is 7.43. The molecule has 7 atom stereocenters. The van der Waals surface area contributed by atoms with Crippen molar-refractivity contribution in [3.63, 3.8) is 0 Å². The molecule has 7 unspecified atom stereocenters. The van der Waals surface area contributed by atoms with E-state index in [0.717, 1.165) is 57.1 Å². The number of ether oxygens (including phenoxy) is 2. The number of alkyl halides is 1. The van der Waals surface area contributed by atoms with Crippen LogP contribution in [-0.2, 0) is 14.3 Å². The van der Waals surface area contributed by atoms with E-state index in [2.05, 4.69) is 0 Å². The Morgan fingerprint density at radius 3 is 2.55 bits per heavy atom. The number of amides is 1. The number of halogens is 1. The number of hydrogen-bond acceptors (Lipinski definition) is 5. The molecular formula is C22H35ClN2O3S. The first-order chi connectivity index (χ1) is 14.1. The summed E-state index contributed by atoms with van der Waals surface area (Å²) in [5.74, 6) is 2.04. The van der Waals surface area contributed by atoms with Gasteiger partial charge >= 0.3 is 0 Å². The van der Waals surface area contributed by atoms with Gasteiger partial charge in [0.2, 0.25) is 0 Å². The van der Waals surface area contributed by atoms with Crippen molar-refractivity contribution in [3.8, 4) is 0 Å². The zero-order valence-electron chi connectivity index (χ0n) is 17.7. The molecule has 0 spiro atoms. The van der Waals surface area contributed by atoms with Gasteiger partial charge < -0.3 is 9.47 Å². The molecule has 0 aromatic carbocycles. The summed E-state index contributed by atoms with van der Waals surface area (Å²) in [4.78, 5) is 13.4. The number of carbonyl (C=O) groups excluding carboxylic acids is 1. The highest BCUT2D eigenvalue weighted by molar-refractivity contribution is 8.00. The summed E-state index contributed by atoms with van der Waals surface area (Å²) in [5, 5.41) is 7.12. The van der Waals surface area contributed by atoms with Crippen LogP contribution in [0, 0.1) is 11.8 Å². The lowest BCUT2D eigenvalue weighted by atomic mass is 9.77. The standard InChI is InChI=1S/C22H35ClN2O3S/c1-27-19-10-9-14(12-20(19)28-2)17-13-18(15-6-3-4-7-16(15)23)25(24-17)22(26)21-8-5-11-29-21/h14-16,18-21H,3-13H2,1-2H3. The number of nitrogens with zero attached hydrogens (tertiary/aromatic N) is 2. The largest absolute Gasteiger partial charge is 0.379 e. The first-order valence-corrected chi connectivity index (χ1v) is 12.8. The van der Waals surface area contributed by atoms with Gasteiger partial charge in [0, 0.05) is 37.6 Å². The Labute approximate surface area is 184 Å². The summed E-state index contributed by atoms with van der Waals surface area (Å²) in [6, 6.07) is 0.141. The van der Waals surface area contributed by atoms with Crippen LogP contribution >= 0.6 is 23.4 Å². The molecule has 2 heterocycles. The summed E-state index contributed by atoms with van der Waals surface area (Å²) in [7, 11) is 3.54. The third-order valence-corrected chi connectivity index (χ3v) is 9.34.